The average Bonchev–Trinajstić information content (AvgIpc) is 2.50. The van der Waals surface area contributed by atoms with E-state index in [0.29, 0.717) is 0 Å². The Kier molecular flexibility index (Phi) is 7.28. The number of ether oxygens (including phenoxy) is 2. The lowest BCUT2D eigenvalue weighted by Crippen LogP contribution is -2.15. The minimum absolute atomic E-state index is 0.157. The number of hydrogen-bond donors (Lipinski definition) is 1. The van der Waals surface area contributed by atoms with Crippen LogP contribution in [0.3, 0.4) is 0 Å². The molecule has 1 N–H and O–H groups in total. The van der Waals surface area contributed by atoms with Crippen molar-refractivity contribution in [1.82, 2.24) is 0 Å². The summed E-state index contributed by atoms with van der Waals surface area (Å²) in [6.07, 6.45) is 1.67. The second kappa shape index (κ2) is 9.19. The molecule has 0 aromatic heterocycles. The zero-order chi connectivity index (χ0) is 18.1. The Labute approximate surface area is 137 Å². The summed E-state index contributed by atoms with van der Waals surface area (Å²) in [7, 11) is 0. The lowest BCUT2D eigenvalue weighted by atomic mass is 10.1. The van der Waals surface area contributed by atoms with Crippen LogP contribution < -0.4 is 5.32 Å². The van der Waals surface area contributed by atoms with Crippen molar-refractivity contribution in [3.63, 3.8) is 0 Å². The van der Waals surface area contributed by atoms with Crippen molar-refractivity contribution < 1.29 is 33.0 Å². The number of anilines is 1. The quantitative estimate of drug-likeness (QED) is 0.461. The number of hydrogen-bond acceptors (Lipinski definition) is 6. The number of rotatable bonds is 7. The topological polar surface area (TPSA) is 98.8 Å². The number of Topliss-reactive ketones (excluding diaryl/α,β-unsaturated/α-hetero) is 1. The summed E-state index contributed by atoms with van der Waals surface area (Å²) >= 11 is 0. The Morgan fingerprint density at radius 2 is 1.75 bits per heavy atom. The summed E-state index contributed by atoms with van der Waals surface area (Å²) in [5.74, 6) is -3.66. The number of carbonyl (C=O) groups excluding carboxylic acids is 4. The van der Waals surface area contributed by atoms with Crippen molar-refractivity contribution >= 4 is 29.3 Å². The largest absolute Gasteiger partial charge is 0.463 e. The molecular weight excluding hydrogens is 321 g/mol. The highest BCUT2D eigenvalue weighted by atomic mass is 19.1. The van der Waals surface area contributed by atoms with E-state index in [4.69, 9.17) is 0 Å². The number of ketones is 1. The molecule has 128 valence electrons. The van der Waals surface area contributed by atoms with Gasteiger partial charge in [-0.25, -0.2) is 14.0 Å². The summed E-state index contributed by atoms with van der Waals surface area (Å²) in [4.78, 5) is 45.0. The highest BCUT2D eigenvalue weighted by molar-refractivity contribution is 6.00. The highest BCUT2D eigenvalue weighted by Crippen LogP contribution is 2.15. The number of carbonyl (C=O) groups is 4. The molecular formula is C16H16FNO6. The van der Waals surface area contributed by atoms with Gasteiger partial charge in [-0.2, -0.15) is 0 Å². The van der Waals surface area contributed by atoms with Crippen molar-refractivity contribution in [2.75, 3.05) is 18.5 Å². The van der Waals surface area contributed by atoms with Crippen LogP contribution in [-0.2, 0) is 23.9 Å². The zero-order valence-corrected chi connectivity index (χ0v) is 13.1. The minimum atomic E-state index is -0.938. The molecule has 0 saturated carbocycles. The van der Waals surface area contributed by atoms with E-state index in [9.17, 15) is 23.6 Å². The van der Waals surface area contributed by atoms with Crippen LogP contribution in [0.1, 0.15) is 24.2 Å². The number of amides is 1. The Morgan fingerprint density at radius 1 is 1.12 bits per heavy atom. The third-order valence-corrected chi connectivity index (χ3v) is 2.58. The molecule has 0 atom stereocenters. The molecule has 0 spiro atoms. The standard InChI is InChI=1S/C16H16FNO6/c1-3-23-15(21)6-7-16(22)24-9-14(20)12-5-4-11(8-13(12)17)18-10(2)19/h4-8H,3,9H2,1-2H3,(H,18,19). The van der Waals surface area contributed by atoms with Crippen LogP contribution in [0.25, 0.3) is 0 Å². The van der Waals surface area contributed by atoms with E-state index >= 15 is 0 Å². The molecule has 0 saturated heterocycles. The van der Waals surface area contributed by atoms with E-state index in [-0.39, 0.29) is 23.8 Å². The first-order valence-corrected chi connectivity index (χ1v) is 6.95. The van der Waals surface area contributed by atoms with Gasteiger partial charge < -0.3 is 14.8 Å². The maximum Gasteiger partial charge on any atom is 0.331 e. The van der Waals surface area contributed by atoms with Crippen LogP contribution in [0.4, 0.5) is 10.1 Å². The Balaban J connectivity index is 2.60. The molecule has 0 aliphatic carbocycles. The van der Waals surface area contributed by atoms with E-state index in [1.807, 2.05) is 0 Å². The summed E-state index contributed by atoms with van der Waals surface area (Å²) in [6, 6.07) is 3.50. The third kappa shape index (κ3) is 6.39. The molecule has 0 bridgehead atoms. The first-order chi connectivity index (χ1) is 11.3. The molecule has 0 unspecified atom stereocenters. The van der Waals surface area contributed by atoms with Crippen LogP contribution in [0.2, 0.25) is 0 Å². The average molecular weight is 337 g/mol. The molecule has 1 amide bonds. The van der Waals surface area contributed by atoms with E-state index in [0.717, 1.165) is 18.2 Å². The fraction of sp³-hybridized carbons (Fsp3) is 0.250. The lowest BCUT2D eigenvalue weighted by Gasteiger charge is -2.06. The molecule has 0 heterocycles. The van der Waals surface area contributed by atoms with Crippen LogP contribution >= 0.6 is 0 Å². The van der Waals surface area contributed by atoms with Gasteiger partial charge in [0.2, 0.25) is 11.7 Å². The van der Waals surface area contributed by atoms with Crippen molar-refractivity contribution in [2.45, 2.75) is 13.8 Å². The predicted molar refractivity (Wildman–Crippen MR) is 81.8 cm³/mol. The maximum atomic E-state index is 13.8. The van der Waals surface area contributed by atoms with E-state index < -0.39 is 30.1 Å². The summed E-state index contributed by atoms with van der Waals surface area (Å²) in [5.41, 5.74) is -0.0859. The molecule has 24 heavy (non-hydrogen) atoms. The SMILES string of the molecule is CCOC(=O)C=CC(=O)OCC(=O)c1ccc(NC(C)=O)cc1F. The predicted octanol–water partition coefficient (Wildman–Crippen LogP) is 1.63. The summed E-state index contributed by atoms with van der Waals surface area (Å²) in [5, 5.41) is 2.37. The van der Waals surface area contributed by atoms with Gasteiger partial charge >= 0.3 is 11.9 Å². The van der Waals surface area contributed by atoms with Gasteiger partial charge in [-0.15, -0.1) is 0 Å². The molecule has 1 aromatic carbocycles. The minimum Gasteiger partial charge on any atom is -0.463 e. The Morgan fingerprint density at radius 3 is 2.29 bits per heavy atom. The van der Waals surface area contributed by atoms with Gasteiger partial charge in [0.05, 0.1) is 12.2 Å². The van der Waals surface area contributed by atoms with Crippen LogP contribution in [-0.4, -0.2) is 36.8 Å². The molecule has 0 radical (unpaired) electrons. The number of esters is 2. The molecule has 0 fully saturated rings. The van der Waals surface area contributed by atoms with Gasteiger partial charge in [0.15, 0.2) is 6.61 Å². The third-order valence-electron chi connectivity index (χ3n) is 2.58. The number of halogens is 1. The first kappa shape index (κ1) is 19.0. The molecule has 0 aliphatic heterocycles. The van der Waals surface area contributed by atoms with Gasteiger partial charge in [-0.3, -0.25) is 9.59 Å². The fourth-order valence-corrected chi connectivity index (χ4v) is 1.61. The Bertz CT molecular complexity index is 683. The number of benzene rings is 1. The second-order valence-electron chi connectivity index (χ2n) is 4.49. The van der Waals surface area contributed by atoms with Gasteiger partial charge in [0, 0.05) is 24.8 Å². The van der Waals surface area contributed by atoms with Gasteiger partial charge in [0.25, 0.3) is 0 Å². The number of nitrogens with one attached hydrogen (secondary N) is 1. The van der Waals surface area contributed by atoms with Crippen molar-refractivity contribution in [1.29, 1.82) is 0 Å². The zero-order valence-electron chi connectivity index (χ0n) is 13.1. The van der Waals surface area contributed by atoms with Crippen LogP contribution in [0.15, 0.2) is 30.4 Å². The van der Waals surface area contributed by atoms with E-state index in [1.54, 1.807) is 6.92 Å². The monoisotopic (exact) mass is 337 g/mol. The van der Waals surface area contributed by atoms with Crippen LogP contribution in [0.5, 0.6) is 0 Å². The molecule has 1 rings (SSSR count). The van der Waals surface area contributed by atoms with Crippen molar-refractivity contribution in [3.05, 3.63) is 41.7 Å². The van der Waals surface area contributed by atoms with E-state index in [1.165, 1.54) is 19.1 Å². The molecule has 8 heteroatoms. The van der Waals surface area contributed by atoms with Crippen molar-refractivity contribution in [2.24, 2.45) is 0 Å². The van der Waals surface area contributed by atoms with Gasteiger partial charge in [-0.05, 0) is 25.1 Å². The normalized spacial score (nSPS) is 10.3. The second-order valence-corrected chi connectivity index (χ2v) is 4.49. The summed E-state index contributed by atoms with van der Waals surface area (Å²) in [6.45, 7) is 2.33. The van der Waals surface area contributed by atoms with Crippen LogP contribution in [0, 0.1) is 5.82 Å². The fourth-order valence-electron chi connectivity index (χ4n) is 1.61. The molecule has 1 aromatic rings. The lowest BCUT2D eigenvalue weighted by molar-refractivity contribution is -0.139. The van der Waals surface area contributed by atoms with E-state index in [2.05, 4.69) is 14.8 Å². The highest BCUT2D eigenvalue weighted by Gasteiger charge is 2.14. The van der Waals surface area contributed by atoms with Crippen molar-refractivity contribution in [3.8, 4) is 0 Å². The maximum absolute atomic E-state index is 13.8. The first-order valence-electron chi connectivity index (χ1n) is 6.95. The summed E-state index contributed by atoms with van der Waals surface area (Å²) < 4.78 is 23.0. The smallest absolute Gasteiger partial charge is 0.331 e. The van der Waals surface area contributed by atoms with Gasteiger partial charge in [-0.1, -0.05) is 0 Å². The van der Waals surface area contributed by atoms with Gasteiger partial charge in [0.1, 0.15) is 5.82 Å². The molecule has 0 aliphatic rings. The molecule has 7 nitrogen and oxygen atoms in total. The Hall–Kier alpha value is -3.03.